The van der Waals surface area contributed by atoms with Crippen molar-refractivity contribution in [2.24, 2.45) is 11.7 Å². The van der Waals surface area contributed by atoms with Gasteiger partial charge in [0, 0.05) is 11.8 Å². The third kappa shape index (κ3) is 5.92. The number of nitrogens with zero attached hydrogens (tertiary/aromatic N) is 1. The Hall–Kier alpha value is -1.72. The van der Waals surface area contributed by atoms with Gasteiger partial charge < -0.3 is 10.5 Å². The van der Waals surface area contributed by atoms with Crippen LogP contribution in [0.3, 0.4) is 0 Å². The van der Waals surface area contributed by atoms with E-state index in [2.05, 4.69) is 5.38 Å². The predicted octanol–water partition coefficient (Wildman–Crippen LogP) is 4.79. The summed E-state index contributed by atoms with van der Waals surface area (Å²) in [6.45, 7) is 0.317. The summed E-state index contributed by atoms with van der Waals surface area (Å²) in [4.78, 5) is 16.6. The third-order valence-electron chi connectivity index (χ3n) is 5.01. The molecule has 0 aliphatic heterocycles. The summed E-state index contributed by atoms with van der Waals surface area (Å²) < 4.78 is 5.31. The first-order valence-electron chi connectivity index (χ1n) is 9.60. The van der Waals surface area contributed by atoms with Crippen LogP contribution < -0.4 is 5.73 Å². The van der Waals surface area contributed by atoms with Gasteiger partial charge in [-0.15, -0.1) is 11.3 Å². The Bertz CT molecular complexity index is 680. The molecule has 0 saturated heterocycles. The van der Waals surface area contributed by atoms with E-state index < -0.39 is 0 Å². The molecule has 5 heteroatoms. The average Bonchev–Trinajstić information content (AvgIpc) is 3.14. The Kier molecular flexibility index (Phi) is 7.21. The quantitative estimate of drug-likeness (QED) is 0.677. The van der Waals surface area contributed by atoms with E-state index in [1.807, 2.05) is 30.3 Å². The third-order valence-corrected chi connectivity index (χ3v) is 6.04. The van der Waals surface area contributed by atoms with Crippen molar-refractivity contribution in [2.75, 3.05) is 0 Å². The summed E-state index contributed by atoms with van der Waals surface area (Å²) in [5, 5.41) is 3.07. The molecular formula is C21H28N2O2S. The molecule has 140 valence electrons. The molecule has 2 N–H and O–H groups in total. The van der Waals surface area contributed by atoms with E-state index in [9.17, 15) is 4.79 Å². The monoisotopic (exact) mass is 372 g/mol. The lowest BCUT2D eigenvalue weighted by Crippen LogP contribution is -2.14. The highest BCUT2D eigenvalue weighted by atomic mass is 32.1. The molecule has 0 radical (unpaired) electrons. The van der Waals surface area contributed by atoms with Gasteiger partial charge in [0.25, 0.3) is 0 Å². The van der Waals surface area contributed by atoms with Crippen LogP contribution in [0.15, 0.2) is 35.7 Å². The highest BCUT2D eigenvalue weighted by Crippen LogP contribution is 2.28. The first kappa shape index (κ1) is 19.1. The van der Waals surface area contributed by atoms with Gasteiger partial charge in [0.1, 0.15) is 11.6 Å². The zero-order chi connectivity index (χ0) is 18.2. The molecule has 0 unspecified atom stereocenters. The average molecular weight is 373 g/mol. The zero-order valence-corrected chi connectivity index (χ0v) is 16.0. The van der Waals surface area contributed by atoms with Crippen molar-refractivity contribution in [1.82, 2.24) is 4.98 Å². The van der Waals surface area contributed by atoms with E-state index in [4.69, 9.17) is 15.5 Å². The maximum absolute atomic E-state index is 11.9. The van der Waals surface area contributed by atoms with Crippen LogP contribution in [0.25, 0.3) is 0 Å². The van der Waals surface area contributed by atoms with Crippen molar-refractivity contribution in [3.05, 3.63) is 52.0 Å². The van der Waals surface area contributed by atoms with Crippen molar-refractivity contribution in [3.8, 4) is 0 Å². The smallest absolute Gasteiger partial charge is 0.306 e. The highest BCUT2D eigenvalue weighted by molar-refractivity contribution is 7.09. The summed E-state index contributed by atoms with van der Waals surface area (Å²) >= 11 is 1.62. The van der Waals surface area contributed by atoms with Crippen LogP contribution in [0.4, 0.5) is 0 Å². The molecule has 0 bridgehead atoms. The number of rotatable bonds is 8. The van der Waals surface area contributed by atoms with E-state index in [0.717, 1.165) is 22.9 Å². The second-order valence-corrected chi connectivity index (χ2v) is 8.07. The van der Waals surface area contributed by atoms with E-state index >= 15 is 0 Å². The van der Waals surface area contributed by atoms with Gasteiger partial charge in [-0.25, -0.2) is 4.98 Å². The van der Waals surface area contributed by atoms with Gasteiger partial charge >= 0.3 is 5.97 Å². The molecular weight excluding hydrogens is 344 g/mol. The molecule has 1 aromatic carbocycles. The lowest BCUT2D eigenvalue weighted by atomic mass is 9.86. The number of thiazole rings is 1. The SMILES string of the molecule is N[C@@H](CCC(=O)OCc1ccccc1)c1nc(CC2CCCCC2)cs1. The minimum Gasteiger partial charge on any atom is -0.461 e. The van der Waals surface area contributed by atoms with Crippen LogP contribution in [0.5, 0.6) is 0 Å². The largest absolute Gasteiger partial charge is 0.461 e. The van der Waals surface area contributed by atoms with Gasteiger partial charge in [-0.05, 0) is 24.3 Å². The maximum Gasteiger partial charge on any atom is 0.306 e. The van der Waals surface area contributed by atoms with Crippen LogP contribution in [0, 0.1) is 5.92 Å². The van der Waals surface area contributed by atoms with Crippen molar-refractivity contribution in [2.45, 2.75) is 64.0 Å². The molecule has 4 nitrogen and oxygen atoms in total. The van der Waals surface area contributed by atoms with Crippen molar-refractivity contribution in [3.63, 3.8) is 0 Å². The second kappa shape index (κ2) is 9.83. The molecule has 1 saturated carbocycles. The number of carbonyl (C=O) groups excluding carboxylic acids is 1. The standard InChI is InChI=1S/C21H28N2O2S/c22-19(11-12-20(24)25-14-17-9-5-2-6-10-17)21-23-18(15-26-21)13-16-7-3-1-4-8-16/h2,5-6,9-10,15-16,19H,1,3-4,7-8,11-14,22H2/t19-/m0/s1. The van der Waals surface area contributed by atoms with Gasteiger partial charge in [-0.1, -0.05) is 62.4 Å². The van der Waals surface area contributed by atoms with Gasteiger partial charge in [0.15, 0.2) is 0 Å². The number of benzene rings is 1. The van der Waals surface area contributed by atoms with Crippen molar-refractivity contribution in [1.29, 1.82) is 0 Å². The fourth-order valence-electron chi connectivity index (χ4n) is 3.48. The summed E-state index contributed by atoms with van der Waals surface area (Å²) in [5.74, 6) is 0.575. The number of esters is 1. The number of nitrogens with two attached hydrogens (primary N) is 1. The van der Waals surface area contributed by atoms with Gasteiger partial charge in [-0.2, -0.15) is 0 Å². The molecule has 1 aliphatic carbocycles. The van der Waals surface area contributed by atoms with Crippen LogP contribution >= 0.6 is 11.3 Å². The molecule has 3 rings (SSSR count). The second-order valence-electron chi connectivity index (χ2n) is 7.18. The van der Waals surface area contributed by atoms with Crippen LogP contribution in [0.1, 0.15) is 67.3 Å². The molecule has 1 fully saturated rings. The minimum absolute atomic E-state index is 0.190. The number of aromatic nitrogens is 1. The number of carbonyl (C=O) groups is 1. The predicted molar refractivity (Wildman–Crippen MR) is 105 cm³/mol. The fraction of sp³-hybridized carbons (Fsp3) is 0.524. The Morgan fingerprint density at radius 1 is 1.23 bits per heavy atom. The van der Waals surface area contributed by atoms with Crippen LogP contribution in [0.2, 0.25) is 0 Å². The van der Waals surface area contributed by atoms with Crippen LogP contribution in [-0.2, 0) is 22.6 Å². The Balaban J connectivity index is 1.40. The van der Waals surface area contributed by atoms with E-state index in [1.165, 1.54) is 37.8 Å². The summed E-state index contributed by atoms with van der Waals surface area (Å²) in [6, 6.07) is 9.52. The number of ether oxygens (including phenoxy) is 1. The topological polar surface area (TPSA) is 65.2 Å². The van der Waals surface area contributed by atoms with Gasteiger partial charge in [0.05, 0.1) is 11.7 Å². The molecule has 1 heterocycles. The lowest BCUT2D eigenvalue weighted by molar-refractivity contribution is -0.145. The number of hydrogen-bond donors (Lipinski definition) is 1. The normalized spacial score (nSPS) is 16.3. The molecule has 1 atom stereocenters. The molecule has 1 aliphatic rings. The molecule has 26 heavy (non-hydrogen) atoms. The van der Waals surface area contributed by atoms with Crippen molar-refractivity contribution >= 4 is 17.3 Å². The first-order valence-corrected chi connectivity index (χ1v) is 10.5. The minimum atomic E-state index is -0.205. The molecule has 0 amide bonds. The lowest BCUT2D eigenvalue weighted by Gasteiger charge is -2.20. The maximum atomic E-state index is 11.9. The Labute approximate surface area is 159 Å². The Morgan fingerprint density at radius 2 is 2.00 bits per heavy atom. The molecule has 0 spiro atoms. The Morgan fingerprint density at radius 3 is 2.77 bits per heavy atom. The van der Waals surface area contributed by atoms with E-state index in [-0.39, 0.29) is 12.0 Å². The van der Waals surface area contributed by atoms with Crippen molar-refractivity contribution < 1.29 is 9.53 Å². The van der Waals surface area contributed by atoms with Gasteiger partial charge in [0.2, 0.25) is 0 Å². The number of hydrogen-bond acceptors (Lipinski definition) is 5. The summed E-state index contributed by atoms with van der Waals surface area (Å²) in [6.07, 6.45) is 8.71. The van der Waals surface area contributed by atoms with E-state index in [1.54, 1.807) is 11.3 Å². The van der Waals surface area contributed by atoms with Crippen LogP contribution in [-0.4, -0.2) is 11.0 Å². The zero-order valence-electron chi connectivity index (χ0n) is 15.2. The summed E-state index contributed by atoms with van der Waals surface area (Å²) in [7, 11) is 0. The molecule has 1 aromatic heterocycles. The fourth-order valence-corrected chi connectivity index (χ4v) is 4.35. The van der Waals surface area contributed by atoms with E-state index in [0.29, 0.717) is 19.4 Å². The summed E-state index contributed by atoms with van der Waals surface area (Å²) in [5.41, 5.74) is 8.40. The highest BCUT2D eigenvalue weighted by Gasteiger charge is 2.18. The first-order chi connectivity index (χ1) is 12.7. The molecule has 2 aromatic rings. The van der Waals surface area contributed by atoms with Gasteiger partial charge in [-0.3, -0.25) is 4.79 Å².